The fourth-order valence-electron chi connectivity index (χ4n) is 1.03. The van der Waals surface area contributed by atoms with E-state index < -0.39 is 5.91 Å². The highest BCUT2D eigenvalue weighted by molar-refractivity contribution is 5.77. The lowest BCUT2D eigenvalue weighted by Crippen LogP contribution is -2.36. The predicted octanol–water partition coefficient (Wildman–Crippen LogP) is -1.77. The zero-order valence-corrected chi connectivity index (χ0v) is 10.2. The summed E-state index contributed by atoms with van der Waals surface area (Å²) >= 11 is 0. The van der Waals surface area contributed by atoms with E-state index in [1.165, 1.54) is 0 Å². The van der Waals surface area contributed by atoms with Crippen molar-refractivity contribution in [3.8, 4) is 0 Å². The molecule has 0 heterocycles. The van der Waals surface area contributed by atoms with Gasteiger partial charge in [-0.2, -0.15) is 0 Å². The van der Waals surface area contributed by atoms with Gasteiger partial charge >= 0.3 is 0 Å². The van der Waals surface area contributed by atoms with Crippen LogP contribution >= 0.6 is 0 Å². The van der Waals surface area contributed by atoms with Crippen LogP contribution in [0.1, 0.15) is 6.42 Å². The minimum Gasteiger partial charge on any atom is -0.385 e. The van der Waals surface area contributed by atoms with Crippen molar-refractivity contribution < 1.29 is 19.1 Å². The first-order chi connectivity index (χ1) is 8.16. The van der Waals surface area contributed by atoms with Crippen LogP contribution in [0.5, 0.6) is 0 Å². The number of hydrogen-bond donors (Lipinski definition) is 3. The molecule has 0 bridgehead atoms. The highest BCUT2D eigenvalue weighted by Gasteiger charge is 1.99. The molecule has 4 N–H and O–H groups in total. The summed E-state index contributed by atoms with van der Waals surface area (Å²) < 4.78 is 9.75. The third-order valence-corrected chi connectivity index (χ3v) is 1.80. The quantitative estimate of drug-likeness (QED) is 0.375. The summed E-state index contributed by atoms with van der Waals surface area (Å²) in [6.45, 7) is 2.22. The van der Waals surface area contributed by atoms with Gasteiger partial charge in [0.05, 0.1) is 13.2 Å². The van der Waals surface area contributed by atoms with Crippen LogP contribution in [0.2, 0.25) is 0 Å². The zero-order valence-electron chi connectivity index (χ0n) is 10.2. The Morgan fingerprint density at radius 3 is 2.65 bits per heavy atom. The number of hydrogen-bond acceptors (Lipinski definition) is 5. The third kappa shape index (κ3) is 12.8. The van der Waals surface area contributed by atoms with E-state index in [0.29, 0.717) is 26.3 Å². The molecule has 0 aromatic rings. The van der Waals surface area contributed by atoms with Gasteiger partial charge in [0.25, 0.3) is 0 Å². The van der Waals surface area contributed by atoms with Crippen molar-refractivity contribution >= 4 is 11.8 Å². The summed E-state index contributed by atoms with van der Waals surface area (Å²) in [4.78, 5) is 21.5. The Morgan fingerprint density at radius 1 is 1.24 bits per heavy atom. The summed E-state index contributed by atoms with van der Waals surface area (Å²) in [6.07, 6.45) is 0.796. The minimum absolute atomic E-state index is 0.0731. The fraction of sp³-hybridized carbons (Fsp3) is 0.800. The molecule has 7 heteroatoms. The first-order valence-corrected chi connectivity index (χ1v) is 5.49. The Bertz CT molecular complexity index is 224. The average Bonchev–Trinajstić information content (AvgIpc) is 2.29. The van der Waals surface area contributed by atoms with Gasteiger partial charge in [-0.3, -0.25) is 9.59 Å². The Labute approximate surface area is 101 Å². The lowest BCUT2D eigenvalue weighted by molar-refractivity contribution is -0.123. The molecule has 2 amide bonds. The number of rotatable bonds is 11. The smallest absolute Gasteiger partial charge is 0.243 e. The fourth-order valence-corrected chi connectivity index (χ4v) is 1.03. The number of primary amides is 1. The van der Waals surface area contributed by atoms with E-state index >= 15 is 0 Å². The van der Waals surface area contributed by atoms with Crippen molar-refractivity contribution in [1.82, 2.24) is 10.6 Å². The molecule has 0 saturated carbocycles. The van der Waals surface area contributed by atoms with Crippen molar-refractivity contribution in [1.29, 1.82) is 0 Å². The Morgan fingerprint density at radius 2 is 2.00 bits per heavy atom. The zero-order chi connectivity index (χ0) is 12.9. The van der Waals surface area contributed by atoms with E-state index in [0.717, 1.165) is 6.42 Å². The van der Waals surface area contributed by atoms with Crippen molar-refractivity contribution in [3.05, 3.63) is 0 Å². The van der Waals surface area contributed by atoms with E-state index in [4.69, 9.17) is 15.2 Å². The van der Waals surface area contributed by atoms with Gasteiger partial charge in [0, 0.05) is 26.8 Å². The second kappa shape index (κ2) is 11.3. The lowest BCUT2D eigenvalue weighted by Gasteiger charge is -2.06. The molecule has 0 aromatic carbocycles. The van der Waals surface area contributed by atoms with Gasteiger partial charge in [-0.15, -0.1) is 0 Å². The first kappa shape index (κ1) is 15.8. The number of nitrogens with one attached hydrogen (secondary N) is 2. The second-order valence-corrected chi connectivity index (χ2v) is 3.39. The van der Waals surface area contributed by atoms with Crippen molar-refractivity contribution in [2.45, 2.75) is 6.42 Å². The molecule has 0 aliphatic carbocycles. The van der Waals surface area contributed by atoms with E-state index in [2.05, 4.69) is 10.6 Å². The molecule has 0 aliphatic rings. The SMILES string of the molecule is COCCCNC(=O)CNCCOCC(N)=O. The first-order valence-electron chi connectivity index (χ1n) is 5.49. The summed E-state index contributed by atoms with van der Waals surface area (Å²) in [5, 5.41) is 5.61. The van der Waals surface area contributed by atoms with Crippen molar-refractivity contribution in [2.75, 3.05) is 46.6 Å². The predicted molar refractivity (Wildman–Crippen MR) is 62.4 cm³/mol. The van der Waals surface area contributed by atoms with E-state index in [9.17, 15) is 9.59 Å². The van der Waals surface area contributed by atoms with Gasteiger partial charge in [-0.05, 0) is 6.42 Å². The van der Waals surface area contributed by atoms with Crippen LogP contribution in [0.15, 0.2) is 0 Å². The largest absolute Gasteiger partial charge is 0.385 e. The summed E-state index contributed by atoms with van der Waals surface area (Å²) in [6, 6.07) is 0. The summed E-state index contributed by atoms with van der Waals surface area (Å²) in [7, 11) is 1.62. The standard InChI is InChI=1S/C10H21N3O4/c1-16-5-2-3-13-10(15)7-12-4-6-17-8-9(11)14/h12H,2-8H2,1H3,(H2,11,14)(H,13,15). The maximum Gasteiger partial charge on any atom is 0.243 e. The molecule has 0 rings (SSSR count). The Balaban J connectivity index is 3.19. The van der Waals surface area contributed by atoms with Crippen LogP contribution in [0.25, 0.3) is 0 Å². The molecule has 17 heavy (non-hydrogen) atoms. The molecule has 0 spiro atoms. The molecule has 0 radical (unpaired) electrons. The topological polar surface area (TPSA) is 103 Å². The van der Waals surface area contributed by atoms with Crippen LogP contribution in [0.3, 0.4) is 0 Å². The van der Waals surface area contributed by atoms with Crippen LogP contribution in [0.4, 0.5) is 0 Å². The average molecular weight is 247 g/mol. The Hall–Kier alpha value is -1.18. The molecule has 0 atom stereocenters. The van der Waals surface area contributed by atoms with Crippen LogP contribution in [-0.4, -0.2) is 58.4 Å². The molecular formula is C10H21N3O4. The molecular weight excluding hydrogens is 226 g/mol. The van der Waals surface area contributed by atoms with E-state index in [-0.39, 0.29) is 19.1 Å². The number of amides is 2. The molecule has 0 unspecified atom stereocenters. The van der Waals surface area contributed by atoms with Crippen molar-refractivity contribution in [2.24, 2.45) is 5.73 Å². The van der Waals surface area contributed by atoms with E-state index in [1.807, 2.05) is 0 Å². The van der Waals surface area contributed by atoms with E-state index in [1.54, 1.807) is 7.11 Å². The molecule has 7 nitrogen and oxygen atoms in total. The number of carbonyl (C=O) groups excluding carboxylic acids is 2. The normalized spacial score (nSPS) is 10.2. The van der Waals surface area contributed by atoms with Gasteiger partial charge in [0.2, 0.25) is 11.8 Å². The van der Waals surface area contributed by atoms with Crippen LogP contribution in [0, 0.1) is 0 Å². The van der Waals surface area contributed by atoms with Gasteiger partial charge in [-0.1, -0.05) is 0 Å². The molecule has 0 aromatic heterocycles. The number of ether oxygens (including phenoxy) is 2. The molecule has 0 fully saturated rings. The van der Waals surface area contributed by atoms with Crippen molar-refractivity contribution in [3.63, 3.8) is 0 Å². The summed E-state index contributed by atoms with van der Waals surface area (Å²) in [5.41, 5.74) is 4.88. The monoisotopic (exact) mass is 247 g/mol. The number of carbonyl (C=O) groups is 2. The lowest BCUT2D eigenvalue weighted by atomic mass is 10.4. The van der Waals surface area contributed by atoms with Crippen LogP contribution < -0.4 is 16.4 Å². The maximum atomic E-state index is 11.2. The van der Waals surface area contributed by atoms with Gasteiger partial charge in [-0.25, -0.2) is 0 Å². The minimum atomic E-state index is -0.499. The number of nitrogens with two attached hydrogens (primary N) is 1. The van der Waals surface area contributed by atoms with Gasteiger partial charge in [0.1, 0.15) is 6.61 Å². The number of methoxy groups -OCH3 is 1. The highest BCUT2D eigenvalue weighted by Crippen LogP contribution is 1.77. The molecule has 0 saturated heterocycles. The summed E-state index contributed by atoms with van der Waals surface area (Å²) in [5.74, 6) is -0.572. The van der Waals surface area contributed by atoms with Gasteiger partial charge < -0.3 is 25.8 Å². The molecule has 100 valence electrons. The second-order valence-electron chi connectivity index (χ2n) is 3.39. The third-order valence-electron chi connectivity index (χ3n) is 1.80. The van der Waals surface area contributed by atoms with Gasteiger partial charge in [0.15, 0.2) is 0 Å². The van der Waals surface area contributed by atoms with Crippen LogP contribution in [-0.2, 0) is 19.1 Å². The molecule has 0 aliphatic heterocycles. The Kier molecular flexibility index (Phi) is 10.5. The highest BCUT2D eigenvalue weighted by atomic mass is 16.5. The maximum absolute atomic E-state index is 11.2.